The first-order valence-electron chi connectivity index (χ1n) is 6.04. The average molecular weight is 262 g/mol. The van der Waals surface area contributed by atoms with Crippen LogP contribution in [-0.2, 0) is 18.9 Å². The molecular formula is C12H22O6. The molecule has 6 nitrogen and oxygen atoms in total. The maximum absolute atomic E-state index is 9.49. The lowest BCUT2D eigenvalue weighted by Crippen LogP contribution is -2.27. The van der Waals surface area contributed by atoms with Gasteiger partial charge in [0.2, 0.25) is 0 Å². The van der Waals surface area contributed by atoms with Crippen LogP contribution < -0.4 is 0 Å². The van der Waals surface area contributed by atoms with Crippen molar-refractivity contribution in [2.75, 3.05) is 46.2 Å². The molecule has 1 rings (SSSR count). The van der Waals surface area contributed by atoms with E-state index >= 15 is 0 Å². The fraction of sp³-hybridized carbons (Fsp3) is 0.833. The van der Waals surface area contributed by atoms with Crippen molar-refractivity contribution >= 4 is 0 Å². The van der Waals surface area contributed by atoms with Gasteiger partial charge in [0, 0.05) is 0 Å². The van der Waals surface area contributed by atoms with Crippen LogP contribution in [0.15, 0.2) is 12.7 Å². The van der Waals surface area contributed by atoms with E-state index in [-0.39, 0.29) is 32.5 Å². The molecule has 0 saturated carbocycles. The van der Waals surface area contributed by atoms with Crippen molar-refractivity contribution < 1.29 is 29.2 Å². The Bertz CT molecular complexity index is 219. The molecule has 1 aliphatic heterocycles. The molecule has 3 atom stereocenters. The lowest BCUT2D eigenvalue weighted by Gasteiger charge is -2.14. The normalized spacial score (nSPS) is 21.6. The Labute approximate surface area is 107 Å². The monoisotopic (exact) mass is 262 g/mol. The zero-order valence-electron chi connectivity index (χ0n) is 10.5. The summed E-state index contributed by atoms with van der Waals surface area (Å²) in [6, 6.07) is 0. The highest BCUT2D eigenvalue weighted by Crippen LogP contribution is 2.08. The van der Waals surface area contributed by atoms with Crippen LogP contribution in [0.25, 0.3) is 0 Å². The second-order valence-electron chi connectivity index (χ2n) is 4.16. The third kappa shape index (κ3) is 8.57. The lowest BCUT2D eigenvalue weighted by molar-refractivity contribution is -0.0550. The standard InChI is InChI=1S/C12H22O6/c1-2-3-15-4-10(13)5-16-6-11(14)7-17-8-12-9-18-12/h2,10-14H,1,3-9H2. The highest BCUT2D eigenvalue weighted by Gasteiger charge is 2.22. The van der Waals surface area contributed by atoms with Gasteiger partial charge in [-0.25, -0.2) is 0 Å². The molecule has 0 bridgehead atoms. The van der Waals surface area contributed by atoms with Crippen LogP contribution in [0.1, 0.15) is 0 Å². The number of hydrogen-bond acceptors (Lipinski definition) is 6. The van der Waals surface area contributed by atoms with E-state index < -0.39 is 12.2 Å². The molecule has 0 aromatic carbocycles. The zero-order chi connectivity index (χ0) is 13.2. The maximum Gasteiger partial charge on any atom is 0.104 e. The van der Waals surface area contributed by atoms with E-state index in [0.29, 0.717) is 13.2 Å². The predicted octanol–water partition coefficient (Wildman–Crippen LogP) is -0.657. The molecule has 1 heterocycles. The summed E-state index contributed by atoms with van der Waals surface area (Å²) in [5.74, 6) is 0. The van der Waals surface area contributed by atoms with Crippen LogP contribution in [0.2, 0.25) is 0 Å². The van der Waals surface area contributed by atoms with Gasteiger partial charge in [-0.3, -0.25) is 0 Å². The van der Waals surface area contributed by atoms with E-state index in [1.807, 2.05) is 0 Å². The summed E-state index contributed by atoms with van der Waals surface area (Å²) < 4.78 is 20.4. The molecule has 1 saturated heterocycles. The van der Waals surface area contributed by atoms with Crippen molar-refractivity contribution in [2.24, 2.45) is 0 Å². The molecule has 2 N–H and O–H groups in total. The zero-order valence-corrected chi connectivity index (χ0v) is 10.5. The van der Waals surface area contributed by atoms with Crippen LogP contribution in [0.3, 0.4) is 0 Å². The maximum atomic E-state index is 9.49. The summed E-state index contributed by atoms with van der Waals surface area (Å²) in [6.07, 6.45) is 0.419. The molecule has 0 spiro atoms. The molecule has 1 aliphatic rings. The first kappa shape index (κ1) is 15.6. The Morgan fingerprint density at radius 2 is 1.67 bits per heavy atom. The van der Waals surface area contributed by atoms with E-state index in [1.165, 1.54) is 0 Å². The van der Waals surface area contributed by atoms with Crippen LogP contribution in [0.5, 0.6) is 0 Å². The first-order chi connectivity index (χ1) is 8.72. The largest absolute Gasteiger partial charge is 0.388 e. The highest BCUT2D eigenvalue weighted by atomic mass is 16.6. The second-order valence-corrected chi connectivity index (χ2v) is 4.16. The topological polar surface area (TPSA) is 80.7 Å². The minimum Gasteiger partial charge on any atom is -0.388 e. The van der Waals surface area contributed by atoms with Crippen LogP contribution in [-0.4, -0.2) is 74.8 Å². The number of rotatable bonds is 12. The predicted molar refractivity (Wildman–Crippen MR) is 64.4 cm³/mol. The van der Waals surface area contributed by atoms with Crippen molar-refractivity contribution in [3.8, 4) is 0 Å². The highest BCUT2D eigenvalue weighted by molar-refractivity contribution is 4.68. The first-order valence-corrected chi connectivity index (χ1v) is 6.04. The van der Waals surface area contributed by atoms with Gasteiger partial charge in [0.15, 0.2) is 0 Å². The van der Waals surface area contributed by atoms with E-state index in [0.717, 1.165) is 6.61 Å². The molecule has 3 unspecified atom stereocenters. The van der Waals surface area contributed by atoms with Crippen molar-refractivity contribution in [1.29, 1.82) is 0 Å². The number of aliphatic hydroxyl groups is 2. The van der Waals surface area contributed by atoms with Crippen molar-refractivity contribution in [1.82, 2.24) is 0 Å². The molecule has 0 aromatic rings. The molecule has 0 aromatic heterocycles. The molecule has 6 heteroatoms. The van der Waals surface area contributed by atoms with Gasteiger partial charge in [-0.15, -0.1) is 6.58 Å². The molecule has 0 radical (unpaired) electrons. The minimum atomic E-state index is -0.696. The summed E-state index contributed by atoms with van der Waals surface area (Å²) in [4.78, 5) is 0. The fourth-order valence-electron chi connectivity index (χ4n) is 1.22. The summed E-state index contributed by atoms with van der Waals surface area (Å²) in [6.45, 7) is 5.80. The lowest BCUT2D eigenvalue weighted by atomic mass is 10.4. The SMILES string of the molecule is C=CCOCC(O)COCC(O)COCC1CO1. The third-order valence-electron chi connectivity index (χ3n) is 2.18. The van der Waals surface area contributed by atoms with Gasteiger partial charge in [0.05, 0.1) is 46.2 Å². The average Bonchev–Trinajstić information content (AvgIpc) is 3.13. The van der Waals surface area contributed by atoms with Crippen LogP contribution in [0, 0.1) is 0 Å². The van der Waals surface area contributed by atoms with Gasteiger partial charge >= 0.3 is 0 Å². The molecule has 0 amide bonds. The van der Waals surface area contributed by atoms with Crippen molar-refractivity contribution in [2.45, 2.75) is 18.3 Å². The number of hydrogen-bond donors (Lipinski definition) is 2. The van der Waals surface area contributed by atoms with Crippen LogP contribution >= 0.6 is 0 Å². The van der Waals surface area contributed by atoms with Gasteiger partial charge in [-0.05, 0) is 0 Å². The summed E-state index contributed by atoms with van der Waals surface area (Å²) >= 11 is 0. The Kier molecular flexibility index (Phi) is 8.15. The third-order valence-corrected chi connectivity index (χ3v) is 2.18. The number of ether oxygens (including phenoxy) is 4. The van der Waals surface area contributed by atoms with E-state index in [4.69, 9.17) is 18.9 Å². The van der Waals surface area contributed by atoms with Crippen molar-refractivity contribution in [3.63, 3.8) is 0 Å². The molecule has 106 valence electrons. The van der Waals surface area contributed by atoms with Gasteiger partial charge in [0.25, 0.3) is 0 Å². The second kappa shape index (κ2) is 9.43. The Morgan fingerprint density at radius 1 is 1.11 bits per heavy atom. The summed E-state index contributed by atoms with van der Waals surface area (Å²) in [7, 11) is 0. The molecular weight excluding hydrogens is 240 g/mol. The number of aliphatic hydroxyl groups excluding tert-OH is 2. The summed E-state index contributed by atoms with van der Waals surface area (Å²) in [5, 5.41) is 18.9. The van der Waals surface area contributed by atoms with E-state index in [1.54, 1.807) is 6.08 Å². The van der Waals surface area contributed by atoms with E-state index in [9.17, 15) is 10.2 Å². The smallest absolute Gasteiger partial charge is 0.104 e. The van der Waals surface area contributed by atoms with Gasteiger partial charge in [-0.1, -0.05) is 6.08 Å². The molecule has 18 heavy (non-hydrogen) atoms. The molecule has 0 aliphatic carbocycles. The molecule has 1 fully saturated rings. The van der Waals surface area contributed by atoms with E-state index in [2.05, 4.69) is 6.58 Å². The summed E-state index contributed by atoms with van der Waals surface area (Å²) in [5.41, 5.74) is 0. The Morgan fingerprint density at radius 3 is 2.22 bits per heavy atom. The van der Waals surface area contributed by atoms with Crippen molar-refractivity contribution in [3.05, 3.63) is 12.7 Å². The van der Waals surface area contributed by atoms with Gasteiger partial charge < -0.3 is 29.2 Å². The Balaban J connectivity index is 1.86. The van der Waals surface area contributed by atoms with Gasteiger partial charge in [0.1, 0.15) is 18.3 Å². The fourth-order valence-corrected chi connectivity index (χ4v) is 1.22. The Hall–Kier alpha value is -0.500. The van der Waals surface area contributed by atoms with Gasteiger partial charge in [-0.2, -0.15) is 0 Å². The van der Waals surface area contributed by atoms with Crippen LogP contribution in [0.4, 0.5) is 0 Å². The minimum absolute atomic E-state index is 0.125. The number of epoxide rings is 1. The quantitative estimate of drug-likeness (QED) is 0.276.